The molecule has 106 valence electrons. The van der Waals surface area contributed by atoms with Gasteiger partial charge in [0, 0.05) is 18.1 Å². The van der Waals surface area contributed by atoms with E-state index in [4.69, 9.17) is 0 Å². The zero-order valence-corrected chi connectivity index (χ0v) is 12.5. The molecule has 1 unspecified atom stereocenters. The number of benzene rings is 1. The molecule has 1 aromatic carbocycles. The Morgan fingerprint density at radius 3 is 2.43 bits per heavy atom. The van der Waals surface area contributed by atoms with Gasteiger partial charge in [-0.2, -0.15) is 0 Å². The molecule has 2 heterocycles. The fourth-order valence-electron chi connectivity index (χ4n) is 2.20. The number of hydrogen-bond donors (Lipinski definition) is 1. The quantitative estimate of drug-likeness (QED) is 0.775. The van der Waals surface area contributed by atoms with Gasteiger partial charge in [-0.25, -0.2) is 0 Å². The van der Waals surface area contributed by atoms with Crippen LogP contribution in [0.1, 0.15) is 28.2 Å². The number of thiophene rings is 1. The minimum absolute atomic E-state index is 0.0155. The normalized spacial score (nSPS) is 12.0. The molecule has 0 fully saturated rings. The van der Waals surface area contributed by atoms with E-state index in [1.165, 1.54) is 11.3 Å². The molecule has 0 radical (unpaired) electrons. The van der Waals surface area contributed by atoms with Crippen LogP contribution in [0.3, 0.4) is 0 Å². The SMILES string of the molecule is CC(NC(=O)c1cccs1)c1ccc(-n2cccc2)cc1. The molecule has 3 nitrogen and oxygen atoms in total. The van der Waals surface area contributed by atoms with Crippen LogP contribution >= 0.6 is 11.3 Å². The lowest BCUT2D eigenvalue weighted by molar-refractivity contribution is 0.0944. The zero-order chi connectivity index (χ0) is 14.7. The average molecular weight is 296 g/mol. The van der Waals surface area contributed by atoms with Gasteiger partial charge in [0.25, 0.3) is 5.91 Å². The van der Waals surface area contributed by atoms with Gasteiger partial charge in [0.1, 0.15) is 0 Å². The molecule has 3 rings (SSSR count). The predicted octanol–water partition coefficient (Wildman–Crippen LogP) is 4.03. The lowest BCUT2D eigenvalue weighted by Gasteiger charge is -2.14. The molecular formula is C17H16N2OS. The zero-order valence-electron chi connectivity index (χ0n) is 11.7. The first kappa shape index (κ1) is 13.6. The Hall–Kier alpha value is -2.33. The number of hydrogen-bond acceptors (Lipinski definition) is 2. The highest BCUT2D eigenvalue weighted by molar-refractivity contribution is 7.12. The smallest absolute Gasteiger partial charge is 0.261 e. The third-order valence-corrected chi connectivity index (χ3v) is 4.26. The van der Waals surface area contributed by atoms with Gasteiger partial charge in [0.15, 0.2) is 0 Å². The second kappa shape index (κ2) is 5.97. The van der Waals surface area contributed by atoms with Crippen LogP contribution < -0.4 is 5.32 Å². The van der Waals surface area contributed by atoms with Gasteiger partial charge in [-0.1, -0.05) is 18.2 Å². The number of carbonyl (C=O) groups is 1. The Morgan fingerprint density at radius 1 is 1.10 bits per heavy atom. The fraction of sp³-hybridized carbons (Fsp3) is 0.118. The molecular weight excluding hydrogens is 280 g/mol. The number of nitrogens with one attached hydrogen (secondary N) is 1. The van der Waals surface area contributed by atoms with Crippen molar-refractivity contribution in [3.8, 4) is 5.69 Å². The van der Waals surface area contributed by atoms with Crippen molar-refractivity contribution in [1.82, 2.24) is 9.88 Å². The van der Waals surface area contributed by atoms with Crippen molar-refractivity contribution >= 4 is 17.2 Å². The molecule has 3 aromatic rings. The highest BCUT2D eigenvalue weighted by Crippen LogP contribution is 2.17. The van der Waals surface area contributed by atoms with E-state index >= 15 is 0 Å². The number of rotatable bonds is 4. The van der Waals surface area contributed by atoms with Crippen molar-refractivity contribution < 1.29 is 4.79 Å². The topological polar surface area (TPSA) is 34.0 Å². The summed E-state index contributed by atoms with van der Waals surface area (Å²) in [6.45, 7) is 2.00. The minimum Gasteiger partial charge on any atom is -0.345 e. The van der Waals surface area contributed by atoms with Crippen LogP contribution in [0.4, 0.5) is 0 Å². The summed E-state index contributed by atoms with van der Waals surface area (Å²) in [5, 5.41) is 4.93. The first-order valence-electron chi connectivity index (χ1n) is 6.82. The van der Waals surface area contributed by atoms with Gasteiger partial charge in [0.2, 0.25) is 0 Å². The molecule has 0 saturated heterocycles. The summed E-state index contributed by atoms with van der Waals surface area (Å²) in [6, 6.07) is 15.9. The van der Waals surface area contributed by atoms with Crippen molar-refractivity contribution in [2.75, 3.05) is 0 Å². The summed E-state index contributed by atoms with van der Waals surface area (Å²) in [7, 11) is 0. The van der Waals surface area contributed by atoms with Crippen LogP contribution in [0.15, 0.2) is 66.3 Å². The first-order valence-corrected chi connectivity index (χ1v) is 7.70. The Labute approximate surface area is 127 Å². The largest absolute Gasteiger partial charge is 0.345 e. The van der Waals surface area contributed by atoms with E-state index in [2.05, 4.69) is 34.1 Å². The van der Waals surface area contributed by atoms with E-state index in [0.717, 1.165) is 16.1 Å². The molecule has 0 spiro atoms. The molecule has 1 N–H and O–H groups in total. The molecule has 0 bridgehead atoms. The first-order chi connectivity index (χ1) is 10.2. The third kappa shape index (κ3) is 3.06. The standard InChI is InChI=1S/C17H16N2OS/c1-13(18-17(20)16-5-4-12-21-16)14-6-8-15(9-7-14)19-10-2-3-11-19/h2-13H,1H3,(H,18,20). The van der Waals surface area contributed by atoms with Crippen LogP contribution in [0, 0.1) is 0 Å². The summed E-state index contributed by atoms with van der Waals surface area (Å²) in [6.07, 6.45) is 4.02. The maximum Gasteiger partial charge on any atom is 0.261 e. The van der Waals surface area contributed by atoms with E-state index in [-0.39, 0.29) is 11.9 Å². The molecule has 0 saturated carbocycles. The Kier molecular flexibility index (Phi) is 3.88. The summed E-state index contributed by atoms with van der Waals surface area (Å²) >= 11 is 1.45. The monoisotopic (exact) mass is 296 g/mol. The molecule has 4 heteroatoms. The Morgan fingerprint density at radius 2 is 1.81 bits per heavy atom. The summed E-state index contributed by atoms with van der Waals surface area (Å²) in [5.74, 6) is -0.0213. The maximum absolute atomic E-state index is 12.0. The van der Waals surface area contributed by atoms with Gasteiger partial charge < -0.3 is 9.88 Å². The second-order valence-electron chi connectivity index (χ2n) is 4.85. The lowest BCUT2D eigenvalue weighted by Crippen LogP contribution is -2.25. The van der Waals surface area contributed by atoms with Crippen molar-refractivity contribution in [3.63, 3.8) is 0 Å². The Bertz CT molecular complexity index is 700. The highest BCUT2D eigenvalue weighted by Gasteiger charge is 2.12. The average Bonchev–Trinajstić information content (AvgIpc) is 3.20. The molecule has 1 atom stereocenters. The summed E-state index contributed by atoms with van der Waals surface area (Å²) < 4.78 is 2.05. The molecule has 1 amide bonds. The second-order valence-corrected chi connectivity index (χ2v) is 5.80. The van der Waals surface area contributed by atoms with E-state index < -0.39 is 0 Å². The van der Waals surface area contributed by atoms with Gasteiger partial charge >= 0.3 is 0 Å². The van der Waals surface area contributed by atoms with E-state index in [0.29, 0.717) is 0 Å². The van der Waals surface area contributed by atoms with Gasteiger partial charge in [-0.05, 0) is 48.2 Å². The Balaban J connectivity index is 1.70. The van der Waals surface area contributed by atoms with E-state index in [9.17, 15) is 4.79 Å². The van der Waals surface area contributed by atoms with Gasteiger partial charge in [0.05, 0.1) is 10.9 Å². The predicted molar refractivity (Wildman–Crippen MR) is 86.0 cm³/mol. The molecule has 2 aromatic heterocycles. The summed E-state index contributed by atoms with van der Waals surface area (Å²) in [4.78, 5) is 12.8. The number of nitrogens with zero attached hydrogens (tertiary/aromatic N) is 1. The maximum atomic E-state index is 12.0. The van der Waals surface area contributed by atoms with E-state index in [1.54, 1.807) is 0 Å². The fourth-order valence-corrected chi connectivity index (χ4v) is 2.83. The third-order valence-electron chi connectivity index (χ3n) is 3.39. The van der Waals surface area contributed by atoms with Gasteiger partial charge in [-0.3, -0.25) is 4.79 Å². The molecule has 0 aliphatic carbocycles. The van der Waals surface area contributed by atoms with Crippen LogP contribution in [-0.4, -0.2) is 10.5 Å². The number of aromatic nitrogens is 1. The molecule has 21 heavy (non-hydrogen) atoms. The molecule has 0 aliphatic heterocycles. The van der Waals surface area contributed by atoms with Crippen LogP contribution in [-0.2, 0) is 0 Å². The highest BCUT2D eigenvalue weighted by atomic mass is 32.1. The van der Waals surface area contributed by atoms with Crippen LogP contribution in [0.25, 0.3) is 5.69 Å². The van der Waals surface area contributed by atoms with Gasteiger partial charge in [-0.15, -0.1) is 11.3 Å². The number of carbonyl (C=O) groups excluding carboxylic acids is 1. The van der Waals surface area contributed by atoms with Crippen LogP contribution in [0.2, 0.25) is 0 Å². The van der Waals surface area contributed by atoms with E-state index in [1.807, 2.05) is 49.0 Å². The molecule has 0 aliphatic rings. The summed E-state index contributed by atoms with van der Waals surface area (Å²) in [5.41, 5.74) is 2.20. The van der Waals surface area contributed by atoms with Crippen molar-refractivity contribution in [2.24, 2.45) is 0 Å². The minimum atomic E-state index is -0.0213. The number of amides is 1. The van der Waals surface area contributed by atoms with Crippen molar-refractivity contribution in [2.45, 2.75) is 13.0 Å². The van der Waals surface area contributed by atoms with Crippen LogP contribution in [0.5, 0.6) is 0 Å². The van der Waals surface area contributed by atoms with Crippen molar-refractivity contribution in [1.29, 1.82) is 0 Å². The van der Waals surface area contributed by atoms with Crippen molar-refractivity contribution in [3.05, 3.63) is 76.7 Å². The lowest BCUT2D eigenvalue weighted by atomic mass is 10.1.